The van der Waals surface area contributed by atoms with Crippen LogP contribution < -0.4 is 26.0 Å². The number of carbonyl (C=O) groups excluding carboxylic acids is 4. The lowest BCUT2D eigenvalue weighted by Gasteiger charge is -2.09. The summed E-state index contributed by atoms with van der Waals surface area (Å²) in [5.41, 5.74) is 0.243. The molecule has 1 aromatic carbocycles. The van der Waals surface area contributed by atoms with Gasteiger partial charge in [0.2, 0.25) is 23.6 Å². The van der Waals surface area contributed by atoms with Crippen molar-refractivity contribution in [2.75, 3.05) is 85.6 Å². The summed E-state index contributed by atoms with van der Waals surface area (Å²) >= 11 is 0. The lowest BCUT2D eigenvalue weighted by atomic mass is 10.1. The first-order chi connectivity index (χ1) is 25.8. The van der Waals surface area contributed by atoms with Crippen LogP contribution in [-0.4, -0.2) is 120 Å². The van der Waals surface area contributed by atoms with Gasteiger partial charge in [0.15, 0.2) is 0 Å². The average Bonchev–Trinajstić information content (AvgIpc) is 3.15. The molecule has 0 unspecified atom stereocenters. The molecule has 0 aliphatic carbocycles. The molecule has 15 heteroatoms. The van der Waals surface area contributed by atoms with E-state index in [1.165, 1.54) is 12.1 Å². The second-order valence-electron chi connectivity index (χ2n) is 12.4. The highest BCUT2D eigenvalue weighted by Crippen LogP contribution is 2.14. The van der Waals surface area contributed by atoms with Gasteiger partial charge in [0, 0.05) is 39.0 Å². The van der Waals surface area contributed by atoms with Crippen molar-refractivity contribution in [2.24, 2.45) is 0 Å². The Kier molecular flexibility index (Phi) is 30.3. The van der Waals surface area contributed by atoms with E-state index in [0.717, 1.165) is 64.2 Å². The molecule has 0 aliphatic heterocycles. The van der Waals surface area contributed by atoms with Crippen LogP contribution >= 0.6 is 0 Å². The van der Waals surface area contributed by atoms with E-state index in [-0.39, 0.29) is 49.0 Å². The number of carboxylic acids is 1. The fourth-order valence-corrected chi connectivity index (χ4v) is 4.81. The summed E-state index contributed by atoms with van der Waals surface area (Å²) in [5.74, 6) is -0.766. The summed E-state index contributed by atoms with van der Waals surface area (Å²) < 4.78 is 27.0. The van der Waals surface area contributed by atoms with Gasteiger partial charge in [-0.2, -0.15) is 0 Å². The quantitative estimate of drug-likeness (QED) is 0.0630. The zero-order chi connectivity index (χ0) is 38.6. The molecule has 0 aromatic heterocycles. The molecule has 5 N–H and O–H groups in total. The third-order valence-corrected chi connectivity index (χ3v) is 7.77. The van der Waals surface area contributed by atoms with Gasteiger partial charge in [0.25, 0.3) is 0 Å². The Bertz CT molecular complexity index is 1120. The molecule has 0 fully saturated rings. The largest absolute Gasteiger partial charge is 0.494 e. The number of carboxylic acid groups (broad SMARTS) is 1. The molecule has 0 radical (unpaired) electrons. The summed E-state index contributed by atoms with van der Waals surface area (Å²) in [5, 5.41) is 20.1. The number of amides is 4. The van der Waals surface area contributed by atoms with Crippen molar-refractivity contribution >= 4 is 29.6 Å². The van der Waals surface area contributed by atoms with E-state index in [0.29, 0.717) is 90.8 Å². The van der Waals surface area contributed by atoms with Crippen LogP contribution in [0.2, 0.25) is 0 Å². The first-order valence-corrected chi connectivity index (χ1v) is 19.2. The molecule has 0 aliphatic rings. The maximum absolute atomic E-state index is 12.0. The SMILES string of the molecule is CCCCCNC(=O)COCCOCCNC(=O)COCCOCCNC(=O)CCCNC(=O)CCCCCCCCCOc1ccc(C(=O)O)cc1. The minimum absolute atomic E-state index is 0.00736. The first-order valence-electron chi connectivity index (χ1n) is 19.2. The highest BCUT2D eigenvalue weighted by molar-refractivity contribution is 5.87. The minimum atomic E-state index is -0.951. The number of rotatable bonds is 36. The molecule has 302 valence electrons. The fourth-order valence-electron chi connectivity index (χ4n) is 4.81. The molecule has 0 saturated carbocycles. The Morgan fingerprint density at radius 3 is 1.55 bits per heavy atom. The Balaban J connectivity index is 1.80. The van der Waals surface area contributed by atoms with Crippen molar-refractivity contribution in [3.05, 3.63) is 29.8 Å². The standard InChI is InChI=1S/C38H64N4O11/c1-2-3-10-19-40-36(45)30-51-28-27-50-25-22-42-37(46)31-52-29-26-49-24-21-41-35(44)14-12-20-39-34(43)13-9-7-5-4-6-8-11-23-53-33-17-15-32(16-18-33)38(47)48/h15-18H,2-14,19-31H2,1H3,(H,39,43)(H,40,45)(H,41,44)(H,42,46)(H,47,48). The normalized spacial score (nSPS) is 10.8. The zero-order valence-electron chi connectivity index (χ0n) is 31.7. The highest BCUT2D eigenvalue weighted by Gasteiger charge is 2.06. The van der Waals surface area contributed by atoms with Crippen LogP contribution in [0, 0.1) is 0 Å². The summed E-state index contributed by atoms with van der Waals surface area (Å²) in [6, 6.07) is 6.41. The third kappa shape index (κ3) is 30.4. The molecular formula is C38H64N4O11. The van der Waals surface area contributed by atoms with Crippen molar-refractivity contribution in [1.82, 2.24) is 21.3 Å². The summed E-state index contributed by atoms with van der Waals surface area (Å²) in [6.07, 6.45) is 11.7. The van der Waals surface area contributed by atoms with Gasteiger partial charge in [-0.25, -0.2) is 4.79 Å². The second kappa shape index (κ2) is 34.0. The van der Waals surface area contributed by atoms with Crippen molar-refractivity contribution in [2.45, 2.75) is 90.4 Å². The van der Waals surface area contributed by atoms with Gasteiger partial charge in [-0.05, 0) is 49.9 Å². The smallest absolute Gasteiger partial charge is 0.335 e. The third-order valence-electron chi connectivity index (χ3n) is 7.77. The van der Waals surface area contributed by atoms with E-state index in [1.54, 1.807) is 12.1 Å². The lowest BCUT2D eigenvalue weighted by Crippen LogP contribution is -2.32. The van der Waals surface area contributed by atoms with E-state index < -0.39 is 5.97 Å². The van der Waals surface area contributed by atoms with E-state index in [2.05, 4.69) is 28.2 Å². The molecule has 1 aromatic rings. The van der Waals surface area contributed by atoms with Crippen LogP contribution in [0.4, 0.5) is 0 Å². The summed E-state index contributed by atoms with van der Waals surface area (Å²) in [4.78, 5) is 58.3. The van der Waals surface area contributed by atoms with E-state index in [1.807, 2.05) is 0 Å². The number of ether oxygens (including phenoxy) is 5. The number of benzene rings is 1. The van der Waals surface area contributed by atoms with Gasteiger partial charge in [0.1, 0.15) is 19.0 Å². The van der Waals surface area contributed by atoms with Crippen molar-refractivity contribution in [3.63, 3.8) is 0 Å². The monoisotopic (exact) mass is 752 g/mol. The predicted octanol–water partition coefficient (Wildman–Crippen LogP) is 3.39. The van der Waals surface area contributed by atoms with Crippen LogP contribution in [0.5, 0.6) is 5.75 Å². The van der Waals surface area contributed by atoms with Gasteiger partial charge in [-0.1, -0.05) is 51.9 Å². The van der Waals surface area contributed by atoms with Crippen LogP contribution in [0.3, 0.4) is 0 Å². The van der Waals surface area contributed by atoms with Gasteiger partial charge in [0.05, 0.1) is 51.8 Å². The molecular weight excluding hydrogens is 688 g/mol. The van der Waals surface area contributed by atoms with Crippen LogP contribution in [0.1, 0.15) is 101 Å². The molecule has 0 heterocycles. The topological polar surface area (TPSA) is 200 Å². The molecule has 0 bridgehead atoms. The number of hydrogen-bond acceptors (Lipinski definition) is 10. The molecule has 0 spiro atoms. The zero-order valence-corrected chi connectivity index (χ0v) is 31.7. The number of aromatic carboxylic acids is 1. The van der Waals surface area contributed by atoms with Gasteiger partial charge in [-0.15, -0.1) is 0 Å². The van der Waals surface area contributed by atoms with Gasteiger partial charge < -0.3 is 50.1 Å². The molecule has 0 atom stereocenters. The highest BCUT2D eigenvalue weighted by atomic mass is 16.5. The van der Waals surface area contributed by atoms with E-state index in [9.17, 15) is 24.0 Å². The van der Waals surface area contributed by atoms with Gasteiger partial charge in [-0.3, -0.25) is 19.2 Å². The summed E-state index contributed by atoms with van der Waals surface area (Å²) in [7, 11) is 0. The van der Waals surface area contributed by atoms with Crippen LogP contribution in [0.25, 0.3) is 0 Å². The van der Waals surface area contributed by atoms with Crippen LogP contribution in [-0.2, 0) is 38.1 Å². The first kappa shape index (κ1) is 47.2. The van der Waals surface area contributed by atoms with Gasteiger partial charge >= 0.3 is 5.97 Å². The predicted molar refractivity (Wildman–Crippen MR) is 200 cm³/mol. The molecule has 15 nitrogen and oxygen atoms in total. The van der Waals surface area contributed by atoms with Crippen molar-refractivity contribution in [3.8, 4) is 5.75 Å². The van der Waals surface area contributed by atoms with Crippen molar-refractivity contribution < 1.29 is 52.8 Å². The van der Waals surface area contributed by atoms with E-state index >= 15 is 0 Å². The van der Waals surface area contributed by atoms with E-state index in [4.69, 9.17) is 28.8 Å². The Hall–Kier alpha value is -3.79. The maximum atomic E-state index is 12.0. The second-order valence-corrected chi connectivity index (χ2v) is 12.4. The molecule has 1 rings (SSSR count). The number of hydrogen-bond donors (Lipinski definition) is 5. The molecule has 53 heavy (non-hydrogen) atoms. The fraction of sp³-hybridized carbons (Fsp3) is 0.711. The van der Waals surface area contributed by atoms with Crippen molar-refractivity contribution in [1.29, 1.82) is 0 Å². The number of carbonyl (C=O) groups is 5. The molecule has 4 amide bonds. The Morgan fingerprint density at radius 1 is 0.491 bits per heavy atom. The molecule has 0 saturated heterocycles. The number of nitrogens with one attached hydrogen (secondary N) is 4. The Labute approximate surface area is 314 Å². The minimum Gasteiger partial charge on any atom is -0.494 e. The summed E-state index contributed by atoms with van der Waals surface area (Å²) in [6.45, 7) is 6.25. The Morgan fingerprint density at radius 2 is 0.962 bits per heavy atom. The van der Waals surface area contributed by atoms with Crippen LogP contribution in [0.15, 0.2) is 24.3 Å². The lowest BCUT2D eigenvalue weighted by molar-refractivity contribution is -0.127. The number of unbranched alkanes of at least 4 members (excludes halogenated alkanes) is 8. The maximum Gasteiger partial charge on any atom is 0.335 e. The average molecular weight is 753 g/mol.